The molecule has 6 nitrogen and oxygen atoms in total. The fraction of sp³-hybridized carbons (Fsp3) is 0.353. The molecule has 4 rings (SSSR count). The number of benzene rings is 1. The van der Waals surface area contributed by atoms with E-state index in [9.17, 15) is 0 Å². The first kappa shape index (κ1) is 14.1. The molecule has 1 aromatic carbocycles. The number of hydrogen-bond donors (Lipinski definition) is 0. The van der Waals surface area contributed by atoms with Crippen LogP contribution in [0.3, 0.4) is 0 Å². The molecule has 0 bridgehead atoms. The van der Waals surface area contributed by atoms with Crippen LogP contribution >= 0.6 is 0 Å². The number of hydrogen-bond acceptors (Lipinski definition) is 4. The predicted molar refractivity (Wildman–Crippen MR) is 87.6 cm³/mol. The number of nitrogens with zero attached hydrogens (tertiary/aromatic N) is 6. The molecule has 0 radical (unpaired) electrons. The largest absolute Gasteiger partial charge is 0.297 e. The monoisotopic (exact) mass is 308 g/mol. The van der Waals surface area contributed by atoms with E-state index in [0.717, 1.165) is 49.8 Å². The summed E-state index contributed by atoms with van der Waals surface area (Å²) in [4.78, 5) is 7.18. The molecule has 3 heterocycles. The molecule has 0 unspecified atom stereocenters. The van der Waals surface area contributed by atoms with Gasteiger partial charge in [0.05, 0.1) is 12.7 Å². The Kier molecular flexibility index (Phi) is 3.67. The van der Waals surface area contributed by atoms with Crippen LogP contribution in [0.1, 0.15) is 11.4 Å². The Morgan fingerprint density at radius 1 is 1.09 bits per heavy atom. The van der Waals surface area contributed by atoms with Gasteiger partial charge < -0.3 is 0 Å². The van der Waals surface area contributed by atoms with E-state index in [4.69, 9.17) is 4.98 Å². The van der Waals surface area contributed by atoms with Crippen molar-refractivity contribution in [2.24, 2.45) is 7.05 Å². The van der Waals surface area contributed by atoms with Gasteiger partial charge in [-0.1, -0.05) is 30.3 Å². The summed E-state index contributed by atoms with van der Waals surface area (Å²) in [6.45, 7) is 3.81. The van der Waals surface area contributed by atoms with E-state index in [1.54, 1.807) is 0 Å². The third-order valence-electron chi connectivity index (χ3n) is 4.22. The Morgan fingerprint density at radius 2 is 1.96 bits per heavy atom. The van der Waals surface area contributed by atoms with Crippen LogP contribution < -0.4 is 0 Å². The summed E-state index contributed by atoms with van der Waals surface area (Å²) in [5.41, 5.74) is 2.34. The van der Waals surface area contributed by atoms with Crippen molar-refractivity contribution in [3.8, 4) is 11.4 Å². The van der Waals surface area contributed by atoms with Gasteiger partial charge in [0.2, 0.25) is 0 Å². The Morgan fingerprint density at radius 3 is 2.74 bits per heavy atom. The lowest BCUT2D eigenvalue weighted by atomic mass is 10.2. The van der Waals surface area contributed by atoms with Crippen LogP contribution in [0.15, 0.2) is 42.7 Å². The zero-order valence-corrected chi connectivity index (χ0v) is 13.3. The zero-order chi connectivity index (χ0) is 15.6. The highest BCUT2D eigenvalue weighted by Crippen LogP contribution is 2.17. The van der Waals surface area contributed by atoms with Gasteiger partial charge in [0.1, 0.15) is 5.82 Å². The summed E-state index contributed by atoms with van der Waals surface area (Å²) in [7, 11) is 1.95. The van der Waals surface area contributed by atoms with Crippen LogP contribution in [0.4, 0.5) is 0 Å². The Bertz CT molecular complexity index is 763. The molecule has 1 aliphatic heterocycles. The molecule has 0 saturated heterocycles. The fourth-order valence-corrected chi connectivity index (χ4v) is 3.02. The zero-order valence-electron chi connectivity index (χ0n) is 13.3. The first-order chi connectivity index (χ1) is 11.3. The van der Waals surface area contributed by atoms with E-state index in [1.165, 1.54) is 5.56 Å². The lowest BCUT2D eigenvalue weighted by Gasteiger charge is -2.18. The highest BCUT2D eigenvalue weighted by Gasteiger charge is 2.18. The molecule has 118 valence electrons. The van der Waals surface area contributed by atoms with Crippen LogP contribution in [0.5, 0.6) is 0 Å². The molecule has 2 aromatic heterocycles. The van der Waals surface area contributed by atoms with E-state index in [0.29, 0.717) is 0 Å². The normalized spacial score (nSPS) is 15.3. The average Bonchev–Trinajstić information content (AvgIpc) is 3.12. The van der Waals surface area contributed by atoms with E-state index in [2.05, 4.69) is 38.1 Å². The van der Waals surface area contributed by atoms with Gasteiger partial charge in [0.15, 0.2) is 5.82 Å². The predicted octanol–water partition coefficient (Wildman–Crippen LogP) is 1.74. The number of aromatic nitrogens is 5. The van der Waals surface area contributed by atoms with Crippen molar-refractivity contribution in [1.29, 1.82) is 0 Å². The van der Waals surface area contributed by atoms with Crippen molar-refractivity contribution < 1.29 is 0 Å². The van der Waals surface area contributed by atoms with E-state index in [-0.39, 0.29) is 0 Å². The van der Waals surface area contributed by atoms with Gasteiger partial charge in [-0.3, -0.25) is 9.58 Å². The Hall–Kier alpha value is -2.47. The minimum Gasteiger partial charge on any atom is -0.297 e. The lowest BCUT2D eigenvalue weighted by molar-refractivity contribution is 0.269. The maximum absolute atomic E-state index is 4.74. The minimum absolute atomic E-state index is 0.835. The second-order valence-corrected chi connectivity index (χ2v) is 5.99. The number of aryl methyl sites for hydroxylation is 1. The standard InChI is InChI=1S/C17H20N6/c1-21-12-14(11-18-21)13-22-8-7-16-19-17(20-23(16)10-9-22)15-5-3-2-4-6-15/h2-6,11-12H,7-10,13H2,1H3. The second kappa shape index (κ2) is 5.96. The van der Waals surface area contributed by atoms with Gasteiger partial charge in [-0.25, -0.2) is 9.67 Å². The second-order valence-electron chi connectivity index (χ2n) is 5.99. The van der Waals surface area contributed by atoms with Gasteiger partial charge in [0, 0.05) is 50.4 Å². The maximum atomic E-state index is 4.74. The van der Waals surface area contributed by atoms with Gasteiger partial charge in [-0.05, 0) is 0 Å². The highest BCUT2D eigenvalue weighted by molar-refractivity contribution is 5.54. The molecule has 23 heavy (non-hydrogen) atoms. The van der Waals surface area contributed by atoms with E-state index < -0.39 is 0 Å². The van der Waals surface area contributed by atoms with Crippen LogP contribution in [-0.4, -0.2) is 42.5 Å². The third-order valence-corrected chi connectivity index (χ3v) is 4.22. The molecule has 0 saturated carbocycles. The summed E-state index contributed by atoms with van der Waals surface area (Å²) in [6, 6.07) is 10.2. The molecule has 0 spiro atoms. The third kappa shape index (κ3) is 3.03. The van der Waals surface area contributed by atoms with Crippen molar-refractivity contribution >= 4 is 0 Å². The minimum atomic E-state index is 0.835. The number of rotatable bonds is 3. The molecule has 0 atom stereocenters. The van der Waals surface area contributed by atoms with Crippen molar-refractivity contribution in [3.05, 3.63) is 54.1 Å². The number of fused-ring (bicyclic) bond motifs is 1. The van der Waals surface area contributed by atoms with Crippen molar-refractivity contribution in [2.75, 3.05) is 13.1 Å². The quantitative estimate of drug-likeness (QED) is 0.739. The Balaban J connectivity index is 1.47. The first-order valence-electron chi connectivity index (χ1n) is 7.97. The SMILES string of the molecule is Cn1cc(CN2CCc3nc(-c4ccccc4)nn3CC2)cn1. The van der Waals surface area contributed by atoms with Crippen LogP contribution in [0.25, 0.3) is 11.4 Å². The summed E-state index contributed by atoms with van der Waals surface area (Å²) in [5.74, 6) is 1.92. The summed E-state index contributed by atoms with van der Waals surface area (Å²) < 4.78 is 3.91. The molecule has 6 heteroatoms. The maximum Gasteiger partial charge on any atom is 0.181 e. The highest BCUT2D eigenvalue weighted by atomic mass is 15.4. The van der Waals surface area contributed by atoms with Crippen LogP contribution in [0.2, 0.25) is 0 Å². The average molecular weight is 308 g/mol. The van der Waals surface area contributed by atoms with Crippen molar-refractivity contribution in [2.45, 2.75) is 19.5 Å². The topological polar surface area (TPSA) is 51.8 Å². The molecule has 0 amide bonds. The van der Waals surface area contributed by atoms with Gasteiger partial charge in [-0.2, -0.15) is 10.2 Å². The lowest BCUT2D eigenvalue weighted by Crippen LogP contribution is -2.26. The van der Waals surface area contributed by atoms with E-state index in [1.807, 2.05) is 36.1 Å². The van der Waals surface area contributed by atoms with Crippen LogP contribution in [-0.2, 0) is 26.6 Å². The van der Waals surface area contributed by atoms with Crippen molar-refractivity contribution in [1.82, 2.24) is 29.4 Å². The molecular weight excluding hydrogens is 288 g/mol. The summed E-state index contributed by atoms with van der Waals surface area (Å²) >= 11 is 0. The summed E-state index contributed by atoms with van der Waals surface area (Å²) in [6.07, 6.45) is 4.95. The van der Waals surface area contributed by atoms with Gasteiger partial charge in [0.25, 0.3) is 0 Å². The Labute approximate surface area is 135 Å². The van der Waals surface area contributed by atoms with Gasteiger partial charge >= 0.3 is 0 Å². The molecule has 0 aliphatic carbocycles. The molecule has 3 aromatic rings. The fourth-order valence-electron chi connectivity index (χ4n) is 3.02. The van der Waals surface area contributed by atoms with E-state index >= 15 is 0 Å². The first-order valence-corrected chi connectivity index (χ1v) is 7.97. The molecule has 0 N–H and O–H groups in total. The smallest absolute Gasteiger partial charge is 0.181 e. The summed E-state index contributed by atoms with van der Waals surface area (Å²) in [5, 5.41) is 8.93. The van der Waals surface area contributed by atoms with Crippen molar-refractivity contribution in [3.63, 3.8) is 0 Å². The van der Waals surface area contributed by atoms with Crippen LogP contribution in [0, 0.1) is 0 Å². The van der Waals surface area contributed by atoms with Gasteiger partial charge in [-0.15, -0.1) is 0 Å². The molecule has 1 aliphatic rings. The molecule has 0 fully saturated rings. The molecular formula is C17H20N6.